The van der Waals surface area contributed by atoms with Crippen molar-refractivity contribution < 1.29 is 13.9 Å². The van der Waals surface area contributed by atoms with Crippen molar-refractivity contribution in [2.45, 2.75) is 20.4 Å². The molecule has 2 aromatic rings. The molecular weight excluding hydrogens is 344 g/mol. The summed E-state index contributed by atoms with van der Waals surface area (Å²) >= 11 is 0. The second-order valence-corrected chi connectivity index (χ2v) is 6.54. The van der Waals surface area contributed by atoms with Crippen molar-refractivity contribution >= 4 is 11.6 Å². The first-order chi connectivity index (χ1) is 13.2. The van der Waals surface area contributed by atoms with Crippen LogP contribution in [0.3, 0.4) is 0 Å². The third-order valence-electron chi connectivity index (χ3n) is 4.98. The minimum Gasteiger partial charge on any atom is -0.495 e. The maximum Gasteiger partial charge on any atom is 0.275 e. The lowest BCUT2D eigenvalue weighted by Crippen LogP contribution is -2.46. The van der Waals surface area contributed by atoms with Crippen LogP contribution in [0.2, 0.25) is 0 Å². The van der Waals surface area contributed by atoms with Crippen molar-refractivity contribution in [3.63, 3.8) is 0 Å². The molecule has 1 aromatic carbocycles. The largest absolute Gasteiger partial charge is 0.495 e. The van der Waals surface area contributed by atoms with Crippen LogP contribution in [0.1, 0.15) is 30.2 Å². The number of anilines is 1. The Morgan fingerprint density at radius 2 is 1.89 bits per heavy atom. The first kappa shape index (κ1) is 19.2. The van der Waals surface area contributed by atoms with Gasteiger partial charge in [-0.05, 0) is 26.0 Å². The van der Waals surface area contributed by atoms with E-state index in [0.29, 0.717) is 31.2 Å². The molecule has 0 spiro atoms. The SMILES string of the molecule is CCN(CC)C(=O)c1coc(CN2CCN(c3ccccc3OC)CC2)n1. The number of amides is 1. The van der Waals surface area contributed by atoms with Gasteiger partial charge in [-0.3, -0.25) is 9.69 Å². The van der Waals surface area contributed by atoms with Gasteiger partial charge in [0.05, 0.1) is 19.3 Å². The number of ether oxygens (including phenoxy) is 1. The molecule has 0 N–H and O–H groups in total. The number of rotatable bonds is 7. The maximum absolute atomic E-state index is 12.3. The molecule has 1 amide bonds. The van der Waals surface area contributed by atoms with Crippen molar-refractivity contribution in [2.24, 2.45) is 0 Å². The van der Waals surface area contributed by atoms with Crippen molar-refractivity contribution in [1.29, 1.82) is 0 Å². The van der Waals surface area contributed by atoms with Crippen LogP contribution in [0.5, 0.6) is 5.75 Å². The molecule has 146 valence electrons. The van der Waals surface area contributed by atoms with E-state index in [2.05, 4.69) is 20.9 Å². The van der Waals surface area contributed by atoms with Crippen molar-refractivity contribution in [3.05, 3.63) is 42.1 Å². The molecule has 27 heavy (non-hydrogen) atoms. The number of para-hydroxylation sites is 2. The first-order valence-corrected chi connectivity index (χ1v) is 9.50. The average molecular weight is 372 g/mol. The van der Waals surface area contributed by atoms with Gasteiger partial charge in [0.1, 0.15) is 12.0 Å². The molecule has 1 aliphatic rings. The summed E-state index contributed by atoms with van der Waals surface area (Å²) in [7, 11) is 1.70. The van der Waals surface area contributed by atoms with Crippen LogP contribution in [-0.4, -0.2) is 67.1 Å². The molecule has 0 radical (unpaired) electrons. The normalized spacial score (nSPS) is 15.0. The van der Waals surface area contributed by atoms with E-state index in [9.17, 15) is 4.79 Å². The van der Waals surface area contributed by atoms with E-state index >= 15 is 0 Å². The summed E-state index contributed by atoms with van der Waals surface area (Å²) in [4.78, 5) is 23.1. The highest BCUT2D eigenvalue weighted by molar-refractivity contribution is 5.91. The monoisotopic (exact) mass is 372 g/mol. The molecule has 7 nitrogen and oxygen atoms in total. The Morgan fingerprint density at radius 3 is 2.56 bits per heavy atom. The highest BCUT2D eigenvalue weighted by atomic mass is 16.5. The van der Waals surface area contributed by atoms with Gasteiger partial charge in [-0.1, -0.05) is 12.1 Å². The van der Waals surface area contributed by atoms with Crippen LogP contribution in [0.15, 0.2) is 34.9 Å². The standard InChI is InChI=1S/C20H28N4O3/c1-4-23(5-2)20(25)16-15-27-19(21-16)14-22-10-12-24(13-11-22)17-8-6-7-9-18(17)26-3/h6-9,15H,4-5,10-14H2,1-3H3. The molecule has 1 aliphatic heterocycles. The molecule has 7 heteroatoms. The number of methoxy groups -OCH3 is 1. The number of aromatic nitrogens is 1. The molecule has 1 aromatic heterocycles. The van der Waals surface area contributed by atoms with Gasteiger partial charge in [-0.25, -0.2) is 4.98 Å². The number of piperazine rings is 1. The van der Waals surface area contributed by atoms with Crippen LogP contribution in [0, 0.1) is 0 Å². The van der Waals surface area contributed by atoms with Crippen LogP contribution in [0.25, 0.3) is 0 Å². The Kier molecular flexibility index (Phi) is 6.34. The molecule has 0 atom stereocenters. The zero-order chi connectivity index (χ0) is 19.2. The van der Waals surface area contributed by atoms with E-state index in [1.165, 1.54) is 6.26 Å². The van der Waals surface area contributed by atoms with Crippen LogP contribution in [-0.2, 0) is 6.54 Å². The van der Waals surface area contributed by atoms with Crippen molar-refractivity contribution in [1.82, 2.24) is 14.8 Å². The zero-order valence-electron chi connectivity index (χ0n) is 16.4. The smallest absolute Gasteiger partial charge is 0.275 e. The van der Waals surface area contributed by atoms with Crippen molar-refractivity contribution in [3.8, 4) is 5.75 Å². The number of benzene rings is 1. The molecule has 0 unspecified atom stereocenters. The number of hydrogen-bond donors (Lipinski definition) is 0. The fourth-order valence-electron chi connectivity index (χ4n) is 3.38. The zero-order valence-corrected chi connectivity index (χ0v) is 16.4. The topological polar surface area (TPSA) is 62.1 Å². The van der Waals surface area contributed by atoms with Gasteiger partial charge in [-0.2, -0.15) is 0 Å². The third-order valence-corrected chi connectivity index (χ3v) is 4.98. The summed E-state index contributed by atoms with van der Waals surface area (Å²) in [6.45, 7) is 9.50. The average Bonchev–Trinajstić information content (AvgIpc) is 3.18. The molecule has 0 aliphatic carbocycles. The lowest BCUT2D eigenvalue weighted by molar-refractivity contribution is 0.0767. The van der Waals surface area contributed by atoms with Gasteiger partial charge >= 0.3 is 0 Å². The Hall–Kier alpha value is -2.54. The van der Waals surface area contributed by atoms with E-state index in [1.54, 1.807) is 12.0 Å². The first-order valence-electron chi connectivity index (χ1n) is 9.50. The summed E-state index contributed by atoms with van der Waals surface area (Å²) in [5.41, 5.74) is 1.52. The third kappa shape index (κ3) is 4.42. The number of oxazole rings is 1. The van der Waals surface area contributed by atoms with Gasteiger partial charge in [-0.15, -0.1) is 0 Å². The van der Waals surface area contributed by atoms with E-state index in [0.717, 1.165) is 37.6 Å². The van der Waals surface area contributed by atoms with Gasteiger partial charge < -0.3 is 19.0 Å². The van der Waals surface area contributed by atoms with Gasteiger partial charge in [0.15, 0.2) is 5.69 Å². The number of carbonyl (C=O) groups excluding carboxylic acids is 1. The van der Waals surface area contributed by atoms with E-state index < -0.39 is 0 Å². The molecule has 3 rings (SSSR count). The van der Waals surface area contributed by atoms with E-state index in [-0.39, 0.29) is 5.91 Å². The van der Waals surface area contributed by atoms with E-state index in [4.69, 9.17) is 9.15 Å². The lowest BCUT2D eigenvalue weighted by atomic mass is 10.2. The Bertz CT molecular complexity index is 749. The van der Waals surface area contributed by atoms with Crippen LogP contribution < -0.4 is 9.64 Å². The number of hydrogen-bond acceptors (Lipinski definition) is 6. The number of nitrogens with zero attached hydrogens (tertiary/aromatic N) is 4. The van der Waals surface area contributed by atoms with Gasteiger partial charge in [0.25, 0.3) is 5.91 Å². The predicted octanol–water partition coefficient (Wildman–Crippen LogP) is 2.49. The minimum atomic E-state index is -0.0732. The number of carbonyl (C=O) groups is 1. The fourth-order valence-corrected chi connectivity index (χ4v) is 3.38. The highest BCUT2D eigenvalue weighted by Crippen LogP contribution is 2.28. The molecule has 1 fully saturated rings. The molecule has 2 heterocycles. The van der Waals surface area contributed by atoms with Gasteiger partial charge in [0.2, 0.25) is 5.89 Å². The highest BCUT2D eigenvalue weighted by Gasteiger charge is 2.22. The lowest BCUT2D eigenvalue weighted by Gasteiger charge is -2.36. The Balaban J connectivity index is 1.56. The fraction of sp³-hybridized carbons (Fsp3) is 0.500. The quantitative estimate of drug-likeness (QED) is 0.744. The van der Waals surface area contributed by atoms with Crippen LogP contribution >= 0.6 is 0 Å². The minimum absolute atomic E-state index is 0.0732. The molecular formula is C20H28N4O3. The summed E-state index contributed by atoms with van der Waals surface area (Å²) in [5.74, 6) is 1.42. The summed E-state index contributed by atoms with van der Waals surface area (Å²) in [6.07, 6.45) is 1.47. The Morgan fingerprint density at radius 1 is 1.19 bits per heavy atom. The molecule has 1 saturated heterocycles. The molecule has 0 bridgehead atoms. The van der Waals surface area contributed by atoms with Crippen molar-refractivity contribution in [2.75, 3.05) is 51.3 Å². The van der Waals surface area contributed by atoms with E-state index in [1.807, 2.05) is 32.0 Å². The summed E-state index contributed by atoms with van der Waals surface area (Å²) in [5, 5.41) is 0. The maximum atomic E-state index is 12.3. The van der Waals surface area contributed by atoms with Crippen LogP contribution in [0.4, 0.5) is 5.69 Å². The molecule has 0 saturated carbocycles. The van der Waals surface area contributed by atoms with Gasteiger partial charge in [0, 0.05) is 39.3 Å². The second kappa shape index (κ2) is 8.90. The second-order valence-electron chi connectivity index (χ2n) is 6.54. The predicted molar refractivity (Wildman–Crippen MR) is 104 cm³/mol. The summed E-state index contributed by atoms with van der Waals surface area (Å²) < 4.78 is 11.0. The summed E-state index contributed by atoms with van der Waals surface area (Å²) in [6, 6.07) is 8.10. The Labute approximate surface area is 160 Å².